The predicted octanol–water partition coefficient (Wildman–Crippen LogP) is 3.22. The summed E-state index contributed by atoms with van der Waals surface area (Å²) < 4.78 is 38.1. The van der Waals surface area contributed by atoms with Gasteiger partial charge in [0.15, 0.2) is 0 Å². The summed E-state index contributed by atoms with van der Waals surface area (Å²) in [6.45, 7) is 4.96. The number of phenols is 1. The standard InChI is InChI=1S/C13H17F3N2O.2ClH/c1-9(18-6-4-17-5-7-18)11-8-10(13(14,15)16)2-3-12(11)19;;/h2-3,8-9,17,19H,4-7H2,1H3;2*1H/t9-;;/m0../s1. The molecule has 0 radical (unpaired) electrons. The van der Waals surface area contributed by atoms with E-state index in [-0.39, 0.29) is 36.6 Å². The molecule has 0 spiro atoms. The number of piperazine rings is 1. The number of hydrogen-bond donors (Lipinski definition) is 2. The van der Waals surface area contributed by atoms with Gasteiger partial charge in [-0.15, -0.1) is 24.8 Å². The van der Waals surface area contributed by atoms with Gasteiger partial charge in [0, 0.05) is 37.8 Å². The summed E-state index contributed by atoms with van der Waals surface area (Å²) in [7, 11) is 0. The van der Waals surface area contributed by atoms with Crippen molar-refractivity contribution in [3.8, 4) is 5.75 Å². The van der Waals surface area contributed by atoms with E-state index in [0.717, 1.165) is 44.4 Å². The maximum absolute atomic E-state index is 12.7. The average molecular weight is 347 g/mol. The monoisotopic (exact) mass is 346 g/mol. The van der Waals surface area contributed by atoms with Gasteiger partial charge in [0.2, 0.25) is 0 Å². The van der Waals surface area contributed by atoms with Crippen molar-refractivity contribution in [1.29, 1.82) is 0 Å². The van der Waals surface area contributed by atoms with Gasteiger partial charge in [-0.05, 0) is 25.1 Å². The second-order valence-corrected chi connectivity index (χ2v) is 4.73. The highest BCUT2D eigenvalue weighted by Gasteiger charge is 2.32. The predicted molar refractivity (Wildman–Crippen MR) is 80.5 cm³/mol. The van der Waals surface area contributed by atoms with Crippen LogP contribution < -0.4 is 5.32 Å². The molecule has 8 heteroatoms. The van der Waals surface area contributed by atoms with Crippen molar-refractivity contribution in [2.45, 2.75) is 19.1 Å². The minimum atomic E-state index is -4.38. The summed E-state index contributed by atoms with van der Waals surface area (Å²) >= 11 is 0. The molecule has 1 fully saturated rings. The van der Waals surface area contributed by atoms with E-state index in [9.17, 15) is 18.3 Å². The molecular formula is C13H19Cl2F3N2O. The third kappa shape index (κ3) is 4.92. The van der Waals surface area contributed by atoms with E-state index in [1.807, 2.05) is 6.92 Å². The minimum Gasteiger partial charge on any atom is -0.508 e. The van der Waals surface area contributed by atoms with Crippen molar-refractivity contribution in [3.05, 3.63) is 29.3 Å². The first-order chi connectivity index (χ1) is 8.89. The Bertz CT molecular complexity index is 452. The highest BCUT2D eigenvalue weighted by atomic mass is 35.5. The summed E-state index contributed by atoms with van der Waals surface area (Å²) in [6, 6.07) is 2.84. The van der Waals surface area contributed by atoms with Crippen LogP contribution in [0.3, 0.4) is 0 Å². The van der Waals surface area contributed by atoms with Crippen LogP contribution in [0.15, 0.2) is 18.2 Å². The Morgan fingerprint density at radius 3 is 2.29 bits per heavy atom. The van der Waals surface area contributed by atoms with Gasteiger partial charge in [-0.25, -0.2) is 0 Å². The van der Waals surface area contributed by atoms with E-state index in [4.69, 9.17) is 0 Å². The van der Waals surface area contributed by atoms with E-state index in [2.05, 4.69) is 10.2 Å². The van der Waals surface area contributed by atoms with Crippen LogP contribution in [0.5, 0.6) is 5.75 Å². The van der Waals surface area contributed by atoms with E-state index in [1.165, 1.54) is 0 Å². The summed E-state index contributed by atoms with van der Waals surface area (Å²) in [5, 5.41) is 13.0. The van der Waals surface area contributed by atoms with E-state index < -0.39 is 11.7 Å². The third-order valence-electron chi connectivity index (χ3n) is 3.50. The number of halogens is 5. The zero-order valence-electron chi connectivity index (χ0n) is 11.5. The number of rotatable bonds is 2. The van der Waals surface area contributed by atoms with Crippen molar-refractivity contribution in [2.24, 2.45) is 0 Å². The molecule has 0 aliphatic carbocycles. The van der Waals surface area contributed by atoms with Gasteiger partial charge in [0.05, 0.1) is 5.56 Å². The van der Waals surface area contributed by atoms with Crippen molar-refractivity contribution in [1.82, 2.24) is 10.2 Å². The molecule has 1 aliphatic rings. The Hall–Kier alpha value is -0.690. The van der Waals surface area contributed by atoms with Crippen molar-refractivity contribution in [2.75, 3.05) is 26.2 Å². The van der Waals surface area contributed by atoms with E-state index in [1.54, 1.807) is 0 Å². The van der Waals surface area contributed by atoms with Gasteiger partial charge < -0.3 is 10.4 Å². The number of phenolic OH excluding ortho intramolecular Hbond substituents is 1. The normalized spacial score (nSPS) is 17.5. The molecule has 1 aromatic carbocycles. The second kappa shape index (κ2) is 8.08. The minimum absolute atomic E-state index is 0. The highest BCUT2D eigenvalue weighted by molar-refractivity contribution is 5.85. The Morgan fingerprint density at radius 1 is 1.19 bits per heavy atom. The quantitative estimate of drug-likeness (QED) is 0.862. The van der Waals surface area contributed by atoms with E-state index >= 15 is 0 Å². The molecule has 1 saturated heterocycles. The van der Waals surface area contributed by atoms with E-state index in [0.29, 0.717) is 5.56 Å². The van der Waals surface area contributed by atoms with Gasteiger partial charge >= 0.3 is 6.18 Å². The van der Waals surface area contributed by atoms with Crippen LogP contribution in [0.2, 0.25) is 0 Å². The Morgan fingerprint density at radius 2 is 1.76 bits per heavy atom. The maximum Gasteiger partial charge on any atom is 0.416 e. The van der Waals surface area contributed by atoms with Crippen LogP contribution in [-0.2, 0) is 6.18 Å². The Kier molecular flexibility index (Phi) is 7.81. The zero-order chi connectivity index (χ0) is 14.0. The first-order valence-corrected chi connectivity index (χ1v) is 6.24. The lowest BCUT2D eigenvalue weighted by atomic mass is 10.0. The van der Waals surface area contributed by atoms with Crippen LogP contribution in [0.25, 0.3) is 0 Å². The summed E-state index contributed by atoms with van der Waals surface area (Å²) in [5.74, 6) is -0.0842. The molecule has 1 atom stereocenters. The second-order valence-electron chi connectivity index (χ2n) is 4.73. The summed E-state index contributed by atoms with van der Waals surface area (Å²) in [4.78, 5) is 2.06. The number of benzene rings is 1. The fraction of sp³-hybridized carbons (Fsp3) is 0.538. The molecule has 0 aromatic heterocycles. The van der Waals surface area contributed by atoms with Crippen molar-refractivity contribution in [3.63, 3.8) is 0 Å². The topological polar surface area (TPSA) is 35.5 Å². The summed E-state index contributed by atoms with van der Waals surface area (Å²) in [5.41, 5.74) is -0.390. The lowest BCUT2D eigenvalue weighted by Crippen LogP contribution is -2.44. The lowest BCUT2D eigenvalue weighted by molar-refractivity contribution is -0.137. The number of alkyl halides is 3. The molecule has 122 valence electrons. The number of nitrogens with zero attached hydrogens (tertiary/aromatic N) is 1. The molecule has 0 saturated carbocycles. The van der Waals surface area contributed by atoms with Crippen LogP contribution in [0, 0.1) is 0 Å². The molecule has 1 heterocycles. The third-order valence-corrected chi connectivity index (χ3v) is 3.50. The molecule has 0 unspecified atom stereocenters. The number of nitrogens with one attached hydrogen (secondary N) is 1. The molecule has 0 amide bonds. The number of aromatic hydroxyl groups is 1. The van der Waals surface area contributed by atoms with Crippen LogP contribution in [0.1, 0.15) is 24.1 Å². The fourth-order valence-corrected chi connectivity index (χ4v) is 2.33. The lowest BCUT2D eigenvalue weighted by Gasteiger charge is -2.33. The molecule has 0 bridgehead atoms. The van der Waals surface area contributed by atoms with Gasteiger partial charge in [0.1, 0.15) is 5.75 Å². The SMILES string of the molecule is C[C@@H](c1cc(C(F)(F)F)ccc1O)N1CCNCC1.Cl.Cl. The van der Waals surface area contributed by atoms with Gasteiger partial charge in [0.25, 0.3) is 0 Å². The summed E-state index contributed by atoms with van der Waals surface area (Å²) in [6.07, 6.45) is -4.38. The van der Waals surface area contributed by atoms with Gasteiger partial charge in [-0.1, -0.05) is 0 Å². The largest absolute Gasteiger partial charge is 0.508 e. The highest BCUT2D eigenvalue weighted by Crippen LogP contribution is 2.35. The molecule has 21 heavy (non-hydrogen) atoms. The first kappa shape index (κ1) is 20.3. The molecule has 3 nitrogen and oxygen atoms in total. The molecule has 1 aromatic rings. The molecule has 2 N–H and O–H groups in total. The van der Waals surface area contributed by atoms with Crippen molar-refractivity contribution >= 4 is 24.8 Å². The first-order valence-electron chi connectivity index (χ1n) is 6.24. The van der Waals surface area contributed by atoms with Gasteiger partial charge in [-0.2, -0.15) is 13.2 Å². The zero-order valence-corrected chi connectivity index (χ0v) is 13.1. The Balaban J connectivity index is 0.00000200. The maximum atomic E-state index is 12.7. The van der Waals surface area contributed by atoms with Crippen LogP contribution in [-0.4, -0.2) is 36.2 Å². The van der Waals surface area contributed by atoms with Gasteiger partial charge in [-0.3, -0.25) is 4.90 Å². The van der Waals surface area contributed by atoms with Crippen LogP contribution >= 0.6 is 24.8 Å². The molecule has 2 rings (SSSR count). The smallest absolute Gasteiger partial charge is 0.416 e. The average Bonchev–Trinajstić information content (AvgIpc) is 2.38. The van der Waals surface area contributed by atoms with Crippen LogP contribution in [0.4, 0.5) is 13.2 Å². The fourth-order valence-electron chi connectivity index (χ4n) is 2.33. The van der Waals surface area contributed by atoms with Crippen molar-refractivity contribution < 1.29 is 18.3 Å². The molecular weight excluding hydrogens is 328 g/mol. The molecule has 1 aliphatic heterocycles. The number of hydrogen-bond acceptors (Lipinski definition) is 3. The Labute approximate surface area is 134 Å².